The normalized spacial score (nSPS) is 19.9. The average Bonchev–Trinajstić information content (AvgIpc) is 3.46. The van der Waals surface area contributed by atoms with Crippen molar-refractivity contribution in [2.75, 3.05) is 25.0 Å². The van der Waals surface area contributed by atoms with Crippen LogP contribution in [0.1, 0.15) is 64.0 Å². The minimum Gasteiger partial charge on any atom is -0.328 e. The number of aryl methyl sites for hydroxylation is 1. The molecule has 1 aromatic heterocycles. The Labute approximate surface area is 203 Å². The van der Waals surface area contributed by atoms with Crippen LogP contribution in [0.25, 0.3) is 0 Å². The number of nitrogens with one attached hydrogen (secondary N) is 2. The Morgan fingerprint density at radius 2 is 2.06 bits per heavy atom. The molecule has 180 valence electrons. The molecule has 4 rings (SSSR count). The van der Waals surface area contributed by atoms with E-state index in [1.165, 1.54) is 37.1 Å². The number of hydrogen-bond acceptors (Lipinski definition) is 4. The SMILES string of the molecule is CCC[C@H](N[C@H]1CCc2cc(Cl)ccc2C1)C(=O)Nc1cn(C(C)(C)CN2CCCC2)cn1. The molecule has 0 bridgehead atoms. The number of benzene rings is 1. The number of hydrogen-bond donors (Lipinski definition) is 2. The Morgan fingerprint density at radius 1 is 1.27 bits per heavy atom. The number of anilines is 1. The summed E-state index contributed by atoms with van der Waals surface area (Å²) >= 11 is 6.15. The van der Waals surface area contributed by atoms with Gasteiger partial charge in [0.25, 0.3) is 0 Å². The number of carbonyl (C=O) groups is 1. The summed E-state index contributed by atoms with van der Waals surface area (Å²) in [6.45, 7) is 9.92. The molecule has 1 aliphatic carbocycles. The molecule has 1 aromatic carbocycles. The molecule has 2 N–H and O–H groups in total. The molecule has 7 heteroatoms. The summed E-state index contributed by atoms with van der Waals surface area (Å²) in [7, 11) is 0. The van der Waals surface area contributed by atoms with E-state index in [2.05, 4.69) is 58.0 Å². The Morgan fingerprint density at radius 3 is 2.82 bits per heavy atom. The average molecular weight is 472 g/mol. The third-order valence-electron chi connectivity index (χ3n) is 7.07. The van der Waals surface area contributed by atoms with Crippen molar-refractivity contribution in [1.29, 1.82) is 0 Å². The van der Waals surface area contributed by atoms with Gasteiger partial charge in [-0.1, -0.05) is 31.0 Å². The van der Waals surface area contributed by atoms with Gasteiger partial charge in [-0.05, 0) is 88.7 Å². The van der Waals surface area contributed by atoms with Gasteiger partial charge in [-0.15, -0.1) is 0 Å². The molecule has 0 saturated carbocycles. The number of rotatable bonds is 9. The number of imidazole rings is 1. The van der Waals surface area contributed by atoms with E-state index in [-0.39, 0.29) is 23.5 Å². The zero-order chi connectivity index (χ0) is 23.4. The molecule has 1 aliphatic heterocycles. The lowest BCUT2D eigenvalue weighted by molar-refractivity contribution is -0.118. The molecule has 0 radical (unpaired) electrons. The monoisotopic (exact) mass is 471 g/mol. The third kappa shape index (κ3) is 6.17. The number of likely N-dealkylation sites (tertiary alicyclic amines) is 1. The molecule has 1 amide bonds. The Bertz CT molecular complexity index is 950. The van der Waals surface area contributed by atoms with Crippen molar-refractivity contribution in [2.45, 2.75) is 83.3 Å². The van der Waals surface area contributed by atoms with E-state index < -0.39 is 0 Å². The minimum atomic E-state index is -0.225. The van der Waals surface area contributed by atoms with Crippen LogP contribution >= 0.6 is 11.6 Å². The molecule has 2 aliphatic rings. The van der Waals surface area contributed by atoms with Crippen LogP contribution in [0.15, 0.2) is 30.7 Å². The van der Waals surface area contributed by atoms with Crippen LogP contribution in [0.5, 0.6) is 0 Å². The third-order valence-corrected chi connectivity index (χ3v) is 7.30. The number of amides is 1. The van der Waals surface area contributed by atoms with Crippen molar-refractivity contribution < 1.29 is 4.79 Å². The smallest absolute Gasteiger partial charge is 0.242 e. The van der Waals surface area contributed by atoms with Gasteiger partial charge in [0.15, 0.2) is 5.82 Å². The second-order valence-electron chi connectivity index (χ2n) is 10.3. The first-order valence-electron chi connectivity index (χ1n) is 12.4. The highest BCUT2D eigenvalue weighted by atomic mass is 35.5. The maximum Gasteiger partial charge on any atom is 0.242 e. The van der Waals surface area contributed by atoms with E-state index in [1.54, 1.807) is 0 Å². The first kappa shape index (κ1) is 24.2. The fraction of sp³-hybridized carbons (Fsp3) is 0.615. The summed E-state index contributed by atoms with van der Waals surface area (Å²) in [5.41, 5.74) is 2.59. The lowest BCUT2D eigenvalue weighted by Crippen LogP contribution is -2.47. The van der Waals surface area contributed by atoms with E-state index in [0.717, 1.165) is 43.7 Å². The number of aromatic nitrogens is 2. The molecule has 2 atom stereocenters. The van der Waals surface area contributed by atoms with E-state index in [1.807, 2.05) is 18.6 Å². The highest BCUT2D eigenvalue weighted by Crippen LogP contribution is 2.25. The molecule has 0 spiro atoms. The van der Waals surface area contributed by atoms with Crippen molar-refractivity contribution in [1.82, 2.24) is 19.8 Å². The minimum absolute atomic E-state index is 0.00125. The molecule has 1 saturated heterocycles. The zero-order valence-electron chi connectivity index (χ0n) is 20.2. The van der Waals surface area contributed by atoms with Crippen LogP contribution < -0.4 is 10.6 Å². The van der Waals surface area contributed by atoms with Gasteiger partial charge >= 0.3 is 0 Å². The quantitative estimate of drug-likeness (QED) is 0.560. The van der Waals surface area contributed by atoms with E-state index in [9.17, 15) is 4.79 Å². The second kappa shape index (κ2) is 10.6. The fourth-order valence-electron chi connectivity index (χ4n) is 5.23. The zero-order valence-corrected chi connectivity index (χ0v) is 21.0. The van der Waals surface area contributed by atoms with Gasteiger partial charge in [-0.2, -0.15) is 0 Å². The van der Waals surface area contributed by atoms with Crippen LogP contribution in [-0.4, -0.2) is 52.1 Å². The Balaban J connectivity index is 1.36. The lowest BCUT2D eigenvalue weighted by Gasteiger charge is -2.31. The fourth-order valence-corrected chi connectivity index (χ4v) is 5.43. The molecule has 6 nitrogen and oxygen atoms in total. The number of fused-ring (bicyclic) bond motifs is 1. The van der Waals surface area contributed by atoms with Gasteiger partial charge in [0.2, 0.25) is 5.91 Å². The maximum absolute atomic E-state index is 13.2. The predicted molar refractivity (Wildman–Crippen MR) is 135 cm³/mol. The second-order valence-corrected chi connectivity index (χ2v) is 10.7. The summed E-state index contributed by atoms with van der Waals surface area (Å²) < 4.78 is 2.13. The van der Waals surface area contributed by atoms with Gasteiger partial charge in [0, 0.05) is 23.8 Å². The number of carbonyl (C=O) groups excluding carboxylic acids is 1. The van der Waals surface area contributed by atoms with Crippen molar-refractivity contribution in [3.63, 3.8) is 0 Å². The van der Waals surface area contributed by atoms with Crippen LogP contribution in [0.3, 0.4) is 0 Å². The standard InChI is InChI=1S/C26H38ClN5O/c1-4-7-23(29-22-11-9-19-14-21(27)10-8-20(19)15-22)25(33)30-24-16-32(18-28-24)26(2,3)17-31-12-5-6-13-31/h8,10,14,16,18,22-23,29H,4-7,9,11-13,15,17H2,1-3H3,(H,30,33)/t22-,23-/m0/s1. The first-order valence-corrected chi connectivity index (χ1v) is 12.8. The van der Waals surface area contributed by atoms with Crippen molar-refractivity contribution in [2.24, 2.45) is 0 Å². The summed E-state index contributed by atoms with van der Waals surface area (Å²) in [5.74, 6) is 0.627. The van der Waals surface area contributed by atoms with E-state index in [0.29, 0.717) is 5.82 Å². The predicted octanol–water partition coefficient (Wildman–Crippen LogP) is 4.62. The molecule has 2 heterocycles. The number of nitrogens with zero attached hydrogens (tertiary/aromatic N) is 3. The topological polar surface area (TPSA) is 62.2 Å². The molecular weight excluding hydrogens is 434 g/mol. The molecule has 0 unspecified atom stereocenters. The summed E-state index contributed by atoms with van der Waals surface area (Å²) in [6, 6.07) is 6.22. The highest BCUT2D eigenvalue weighted by Gasteiger charge is 2.28. The molecule has 1 fully saturated rings. The van der Waals surface area contributed by atoms with Crippen molar-refractivity contribution in [3.8, 4) is 0 Å². The summed E-state index contributed by atoms with van der Waals surface area (Å²) in [5, 5.41) is 7.49. The maximum atomic E-state index is 13.2. The van der Waals surface area contributed by atoms with Gasteiger partial charge in [-0.3, -0.25) is 4.79 Å². The molecular formula is C26H38ClN5O. The molecule has 33 heavy (non-hydrogen) atoms. The van der Waals surface area contributed by atoms with Gasteiger partial charge in [0.05, 0.1) is 17.9 Å². The van der Waals surface area contributed by atoms with Gasteiger partial charge < -0.3 is 20.1 Å². The van der Waals surface area contributed by atoms with Gasteiger partial charge in [0.1, 0.15) is 0 Å². The first-order chi connectivity index (χ1) is 15.8. The summed E-state index contributed by atoms with van der Waals surface area (Å²) in [6.07, 6.45) is 11.1. The highest BCUT2D eigenvalue weighted by molar-refractivity contribution is 6.30. The van der Waals surface area contributed by atoms with Crippen LogP contribution in [0, 0.1) is 0 Å². The van der Waals surface area contributed by atoms with Crippen LogP contribution in [0.2, 0.25) is 5.02 Å². The van der Waals surface area contributed by atoms with Gasteiger partial charge in [-0.25, -0.2) is 4.98 Å². The van der Waals surface area contributed by atoms with Crippen molar-refractivity contribution >= 4 is 23.3 Å². The van der Waals surface area contributed by atoms with E-state index >= 15 is 0 Å². The van der Waals surface area contributed by atoms with Crippen LogP contribution in [0.4, 0.5) is 5.82 Å². The van der Waals surface area contributed by atoms with E-state index in [4.69, 9.17) is 11.6 Å². The van der Waals surface area contributed by atoms with Crippen molar-refractivity contribution in [3.05, 3.63) is 46.9 Å². The largest absolute Gasteiger partial charge is 0.328 e. The Hall–Kier alpha value is -1.89. The lowest BCUT2D eigenvalue weighted by atomic mass is 9.87. The number of halogens is 1. The summed E-state index contributed by atoms with van der Waals surface area (Å²) in [4.78, 5) is 20.2. The van der Waals surface area contributed by atoms with Crippen LogP contribution in [-0.2, 0) is 23.2 Å². The molecule has 2 aromatic rings. The Kier molecular flexibility index (Phi) is 7.77.